The number of tetrazole rings is 1. The van der Waals surface area contributed by atoms with Crippen molar-refractivity contribution in [3.05, 3.63) is 29.8 Å². The maximum atomic E-state index is 12.1. The van der Waals surface area contributed by atoms with Crippen LogP contribution in [0.25, 0.3) is 11.4 Å². The summed E-state index contributed by atoms with van der Waals surface area (Å²) < 4.78 is 0. The molecule has 2 rings (SSSR count). The third kappa shape index (κ3) is 4.28. The number of aliphatic hydroxyl groups is 1. The minimum absolute atomic E-state index is 0.265. The first kappa shape index (κ1) is 16.4. The number of benzene rings is 1. The highest BCUT2D eigenvalue weighted by molar-refractivity contribution is 7.98. The molecule has 1 aromatic heterocycles. The molecule has 0 bridgehead atoms. The summed E-state index contributed by atoms with van der Waals surface area (Å²) in [5.41, 5.74) is 1.77. The quantitative estimate of drug-likeness (QED) is 0.788. The largest absolute Gasteiger partial charge is 0.383 e. The van der Waals surface area contributed by atoms with Crippen molar-refractivity contribution in [3.63, 3.8) is 0 Å². The van der Waals surface area contributed by atoms with E-state index in [0.717, 1.165) is 16.9 Å². The fraction of sp³-hybridized carbons (Fsp3) is 0.429. The lowest BCUT2D eigenvalue weighted by molar-refractivity contribution is -0.139. The van der Waals surface area contributed by atoms with E-state index in [1.807, 2.05) is 30.5 Å². The molecule has 0 saturated carbocycles. The number of H-pyrrole nitrogens is 1. The van der Waals surface area contributed by atoms with Gasteiger partial charge in [0.25, 0.3) is 5.91 Å². The second-order valence-corrected chi connectivity index (χ2v) is 5.91. The van der Waals surface area contributed by atoms with Gasteiger partial charge < -0.3 is 10.0 Å². The molecule has 0 fully saturated rings. The topological polar surface area (TPSA) is 95.0 Å². The van der Waals surface area contributed by atoms with Crippen molar-refractivity contribution < 1.29 is 9.90 Å². The zero-order valence-corrected chi connectivity index (χ0v) is 13.4. The zero-order chi connectivity index (χ0) is 15.9. The number of nitrogens with one attached hydrogen (secondary N) is 1. The van der Waals surface area contributed by atoms with Gasteiger partial charge in [-0.05, 0) is 35.3 Å². The van der Waals surface area contributed by atoms with E-state index in [1.54, 1.807) is 18.8 Å². The van der Waals surface area contributed by atoms with Crippen LogP contribution in [-0.4, -0.2) is 61.7 Å². The highest BCUT2D eigenvalue weighted by Crippen LogP contribution is 2.16. The Morgan fingerprint density at radius 1 is 1.50 bits per heavy atom. The number of aromatic nitrogens is 4. The molecule has 1 amide bonds. The Balaban J connectivity index is 2.01. The lowest BCUT2D eigenvalue weighted by atomic mass is 10.1. The number of hydrogen-bond acceptors (Lipinski definition) is 6. The van der Waals surface area contributed by atoms with Crippen LogP contribution >= 0.6 is 11.8 Å². The summed E-state index contributed by atoms with van der Waals surface area (Å²) in [6.07, 6.45) is 1.47. The van der Waals surface area contributed by atoms with Crippen LogP contribution in [-0.2, 0) is 11.3 Å². The molecule has 1 heterocycles. The molecule has 0 radical (unpaired) electrons. The minimum atomic E-state index is -0.946. The number of thioether (sulfide) groups is 1. The van der Waals surface area contributed by atoms with Gasteiger partial charge in [-0.1, -0.05) is 18.2 Å². The van der Waals surface area contributed by atoms with Crippen molar-refractivity contribution in [1.82, 2.24) is 25.5 Å². The molecular formula is C14H19N5O2S. The molecule has 1 atom stereocenters. The zero-order valence-electron chi connectivity index (χ0n) is 12.6. The van der Waals surface area contributed by atoms with E-state index in [2.05, 4.69) is 20.6 Å². The number of aromatic amines is 1. The number of hydrogen-bond donors (Lipinski definition) is 2. The number of carbonyl (C=O) groups is 1. The first-order valence-corrected chi connectivity index (χ1v) is 8.26. The van der Waals surface area contributed by atoms with E-state index in [4.69, 9.17) is 0 Å². The molecule has 8 heteroatoms. The molecule has 118 valence electrons. The smallest absolute Gasteiger partial charge is 0.251 e. The third-order valence-electron chi connectivity index (χ3n) is 3.21. The van der Waals surface area contributed by atoms with Crippen LogP contribution in [0.3, 0.4) is 0 Å². The standard InChI is InChI=1S/C14H19N5O2S/c1-19(14(21)12(20)6-7-22-2)9-10-4-3-5-11(8-10)13-15-17-18-16-13/h3-5,8,12,20H,6-7,9H2,1-2H3,(H,15,16,17,18). The second-order valence-electron chi connectivity index (χ2n) is 4.93. The summed E-state index contributed by atoms with van der Waals surface area (Å²) in [6.45, 7) is 0.418. The molecule has 2 N–H and O–H groups in total. The minimum Gasteiger partial charge on any atom is -0.383 e. The number of carbonyl (C=O) groups excluding carboxylic acids is 1. The number of amides is 1. The normalized spacial score (nSPS) is 12.1. The Hall–Kier alpha value is -1.93. The Morgan fingerprint density at radius 2 is 2.32 bits per heavy atom. The van der Waals surface area contributed by atoms with Gasteiger partial charge in [0.05, 0.1) is 0 Å². The molecule has 1 unspecified atom stereocenters. The summed E-state index contributed by atoms with van der Waals surface area (Å²) >= 11 is 1.61. The van der Waals surface area contributed by atoms with Crippen molar-refractivity contribution in [3.8, 4) is 11.4 Å². The summed E-state index contributed by atoms with van der Waals surface area (Å²) in [5.74, 6) is 1.00. The van der Waals surface area contributed by atoms with Gasteiger partial charge in [-0.3, -0.25) is 4.79 Å². The van der Waals surface area contributed by atoms with E-state index >= 15 is 0 Å². The maximum Gasteiger partial charge on any atom is 0.251 e. The first-order chi connectivity index (χ1) is 10.6. The average molecular weight is 321 g/mol. The number of likely N-dealkylation sites (N-methyl/N-ethyl adjacent to an activating group) is 1. The Kier molecular flexibility index (Phi) is 5.91. The van der Waals surface area contributed by atoms with Crippen molar-refractivity contribution in [1.29, 1.82) is 0 Å². The van der Waals surface area contributed by atoms with Gasteiger partial charge in [-0.2, -0.15) is 17.0 Å². The highest BCUT2D eigenvalue weighted by atomic mass is 32.2. The maximum absolute atomic E-state index is 12.1. The van der Waals surface area contributed by atoms with Gasteiger partial charge in [-0.25, -0.2) is 0 Å². The number of rotatable bonds is 7. The predicted octanol–water partition coefficient (Wildman–Crippen LogP) is 0.939. The van der Waals surface area contributed by atoms with Crippen LogP contribution in [0.5, 0.6) is 0 Å². The Morgan fingerprint density at radius 3 is 3.00 bits per heavy atom. The van der Waals surface area contributed by atoms with Crippen LogP contribution in [0.1, 0.15) is 12.0 Å². The van der Waals surface area contributed by atoms with Crippen molar-refractivity contribution >= 4 is 17.7 Å². The third-order valence-corrected chi connectivity index (χ3v) is 3.85. The molecule has 0 aliphatic carbocycles. The Labute approximate surface area is 133 Å². The SMILES string of the molecule is CSCCC(O)C(=O)N(C)Cc1cccc(-c2nn[nH]n2)c1. The lowest BCUT2D eigenvalue weighted by Crippen LogP contribution is -2.36. The van der Waals surface area contributed by atoms with Crippen LogP contribution in [0.4, 0.5) is 0 Å². The summed E-state index contributed by atoms with van der Waals surface area (Å²) in [5, 5.41) is 23.7. The first-order valence-electron chi connectivity index (χ1n) is 6.86. The molecule has 0 spiro atoms. The van der Waals surface area contributed by atoms with E-state index < -0.39 is 6.10 Å². The molecule has 0 aliphatic heterocycles. The molecular weight excluding hydrogens is 302 g/mol. The summed E-state index contributed by atoms with van der Waals surface area (Å²) in [7, 11) is 1.69. The van der Waals surface area contributed by atoms with E-state index in [1.165, 1.54) is 4.90 Å². The van der Waals surface area contributed by atoms with Crippen LogP contribution < -0.4 is 0 Å². The van der Waals surface area contributed by atoms with E-state index in [0.29, 0.717) is 18.8 Å². The van der Waals surface area contributed by atoms with Crippen LogP contribution in [0.15, 0.2) is 24.3 Å². The van der Waals surface area contributed by atoms with Gasteiger partial charge in [0, 0.05) is 19.2 Å². The molecule has 2 aromatic rings. The highest BCUT2D eigenvalue weighted by Gasteiger charge is 2.19. The van der Waals surface area contributed by atoms with Gasteiger partial charge in [0.15, 0.2) is 0 Å². The van der Waals surface area contributed by atoms with Crippen molar-refractivity contribution in [2.45, 2.75) is 19.1 Å². The van der Waals surface area contributed by atoms with E-state index in [-0.39, 0.29) is 5.91 Å². The predicted molar refractivity (Wildman–Crippen MR) is 85.1 cm³/mol. The van der Waals surface area contributed by atoms with Gasteiger partial charge in [0.2, 0.25) is 5.82 Å². The van der Waals surface area contributed by atoms with Crippen LogP contribution in [0.2, 0.25) is 0 Å². The van der Waals surface area contributed by atoms with Crippen LogP contribution in [0, 0.1) is 0 Å². The molecule has 22 heavy (non-hydrogen) atoms. The summed E-state index contributed by atoms with van der Waals surface area (Å²) in [6, 6.07) is 7.58. The number of nitrogens with zero attached hydrogens (tertiary/aromatic N) is 4. The van der Waals surface area contributed by atoms with Crippen molar-refractivity contribution in [2.24, 2.45) is 0 Å². The lowest BCUT2D eigenvalue weighted by Gasteiger charge is -2.20. The second kappa shape index (κ2) is 7.90. The van der Waals surface area contributed by atoms with Crippen molar-refractivity contribution in [2.75, 3.05) is 19.1 Å². The van der Waals surface area contributed by atoms with E-state index in [9.17, 15) is 9.90 Å². The average Bonchev–Trinajstić information content (AvgIpc) is 3.06. The fourth-order valence-electron chi connectivity index (χ4n) is 2.05. The summed E-state index contributed by atoms with van der Waals surface area (Å²) in [4.78, 5) is 13.6. The Bertz CT molecular complexity index is 605. The fourth-order valence-corrected chi connectivity index (χ4v) is 2.51. The molecule has 7 nitrogen and oxygen atoms in total. The van der Waals surface area contributed by atoms with Gasteiger partial charge in [-0.15, -0.1) is 10.2 Å². The monoisotopic (exact) mass is 321 g/mol. The molecule has 0 saturated heterocycles. The van der Waals surface area contributed by atoms with Gasteiger partial charge >= 0.3 is 0 Å². The molecule has 1 aromatic carbocycles. The van der Waals surface area contributed by atoms with Gasteiger partial charge in [0.1, 0.15) is 6.10 Å². The number of aliphatic hydroxyl groups excluding tert-OH is 1. The molecule has 0 aliphatic rings.